The highest BCUT2D eigenvalue weighted by atomic mass is 16.5. The van der Waals surface area contributed by atoms with E-state index in [-0.39, 0.29) is 6.04 Å². The fourth-order valence-corrected chi connectivity index (χ4v) is 4.16. The standard InChI is InChI=1S/C22H31N3O3/c1-15-7-9-20(27-15)22-17(14-24-25-22)13-23-12-16-8-10-19(26-2)21(11-16)28-18-5-3-4-6-18/h7-11,17-18,22-25H,3-6,12-14H2,1-2H3. The van der Waals surface area contributed by atoms with Crippen molar-refractivity contribution < 1.29 is 13.9 Å². The van der Waals surface area contributed by atoms with Gasteiger partial charge in [0, 0.05) is 25.6 Å². The number of methoxy groups -OCH3 is 1. The molecule has 6 heteroatoms. The molecule has 0 radical (unpaired) electrons. The second-order valence-electron chi connectivity index (χ2n) is 7.85. The second-order valence-corrected chi connectivity index (χ2v) is 7.85. The number of hydrogen-bond donors (Lipinski definition) is 3. The molecule has 2 atom stereocenters. The first-order valence-electron chi connectivity index (χ1n) is 10.3. The molecule has 4 rings (SSSR count). The quantitative estimate of drug-likeness (QED) is 0.647. The molecule has 1 saturated heterocycles. The van der Waals surface area contributed by atoms with Gasteiger partial charge in [-0.1, -0.05) is 6.07 Å². The first-order valence-corrected chi connectivity index (χ1v) is 10.3. The normalized spacial score (nSPS) is 22.6. The lowest BCUT2D eigenvalue weighted by Gasteiger charge is -2.18. The summed E-state index contributed by atoms with van der Waals surface area (Å²) in [7, 11) is 1.70. The van der Waals surface area contributed by atoms with Crippen LogP contribution in [-0.2, 0) is 6.54 Å². The van der Waals surface area contributed by atoms with Crippen molar-refractivity contribution in [3.05, 3.63) is 47.4 Å². The van der Waals surface area contributed by atoms with Gasteiger partial charge >= 0.3 is 0 Å². The minimum atomic E-state index is 0.193. The van der Waals surface area contributed by atoms with Gasteiger partial charge in [0.25, 0.3) is 0 Å². The van der Waals surface area contributed by atoms with E-state index in [0.717, 1.165) is 55.5 Å². The zero-order chi connectivity index (χ0) is 19.3. The highest BCUT2D eigenvalue weighted by Gasteiger charge is 2.30. The number of benzene rings is 1. The maximum Gasteiger partial charge on any atom is 0.161 e. The second kappa shape index (κ2) is 8.99. The van der Waals surface area contributed by atoms with Crippen molar-refractivity contribution in [3.8, 4) is 11.5 Å². The van der Waals surface area contributed by atoms with E-state index in [1.807, 2.05) is 19.1 Å². The fraction of sp³-hybridized carbons (Fsp3) is 0.545. The predicted molar refractivity (Wildman–Crippen MR) is 108 cm³/mol. The van der Waals surface area contributed by atoms with Crippen LogP contribution in [-0.4, -0.2) is 26.3 Å². The molecule has 2 heterocycles. The van der Waals surface area contributed by atoms with Crippen molar-refractivity contribution in [1.82, 2.24) is 16.2 Å². The topological polar surface area (TPSA) is 67.7 Å². The molecule has 152 valence electrons. The van der Waals surface area contributed by atoms with Crippen molar-refractivity contribution in [3.63, 3.8) is 0 Å². The molecule has 2 aromatic rings. The van der Waals surface area contributed by atoms with Crippen molar-refractivity contribution >= 4 is 0 Å². The predicted octanol–water partition coefficient (Wildman–Crippen LogP) is 3.47. The van der Waals surface area contributed by atoms with Crippen LogP contribution in [0.5, 0.6) is 11.5 Å². The fourth-order valence-electron chi connectivity index (χ4n) is 4.16. The van der Waals surface area contributed by atoms with Crippen molar-refractivity contribution in [2.24, 2.45) is 5.92 Å². The summed E-state index contributed by atoms with van der Waals surface area (Å²) in [5.41, 5.74) is 7.79. The van der Waals surface area contributed by atoms with Crippen molar-refractivity contribution in [2.75, 3.05) is 20.2 Å². The average molecular weight is 386 g/mol. The molecule has 1 saturated carbocycles. The molecule has 2 unspecified atom stereocenters. The third-order valence-corrected chi connectivity index (χ3v) is 5.72. The van der Waals surface area contributed by atoms with Gasteiger partial charge < -0.3 is 19.2 Å². The summed E-state index contributed by atoms with van der Waals surface area (Å²) in [6.07, 6.45) is 5.12. The Hall–Kier alpha value is -2.02. The van der Waals surface area contributed by atoms with E-state index in [0.29, 0.717) is 12.0 Å². The van der Waals surface area contributed by atoms with E-state index in [1.54, 1.807) is 7.11 Å². The van der Waals surface area contributed by atoms with Gasteiger partial charge in [-0.2, -0.15) is 0 Å². The average Bonchev–Trinajstić information content (AvgIpc) is 3.44. The summed E-state index contributed by atoms with van der Waals surface area (Å²) in [5, 5.41) is 3.59. The molecule has 3 N–H and O–H groups in total. The van der Waals surface area contributed by atoms with Gasteiger partial charge in [-0.05, 0) is 62.4 Å². The Morgan fingerprint density at radius 2 is 2.00 bits per heavy atom. The van der Waals surface area contributed by atoms with E-state index in [2.05, 4.69) is 34.4 Å². The Labute approximate surface area is 166 Å². The number of hydrogen-bond acceptors (Lipinski definition) is 6. The van der Waals surface area contributed by atoms with Gasteiger partial charge in [0.1, 0.15) is 11.5 Å². The minimum Gasteiger partial charge on any atom is -0.493 e. The van der Waals surface area contributed by atoms with E-state index in [9.17, 15) is 0 Å². The van der Waals surface area contributed by atoms with Crippen LogP contribution >= 0.6 is 0 Å². The Balaban J connectivity index is 1.34. The van der Waals surface area contributed by atoms with Crippen LogP contribution in [0.4, 0.5) is 0 Å². The Bertz CT molecular complexity index is 770. The number of aryl methyl sites for hydroxylation is 1. The van der Waals surface area contributed by atoms with E-state index < -0.39 is 0 Å². The largest absolute Gasteiger partial charge is 0.493 e. The van der Waals surface area contributed by atoms with E-state index in [1.165, 1.54) is 18.4 Å². The Kier molecular flexibility index (Phi) is 6.20. The monoisotopic (exact) mass is 385 g/mol. The molecule has 6 nitrogen and oxygen atoms in total. The highest BCUT2D eigenvalue weighted by molar-refractivity contribution is 5.43. The van der Waals surface area contributed by atoms with Crippen LogP contribution in [0.25, 0.3) is 0 Å². The summed E-state index contributed by atoms with van der Waals surface area (Å²) in [6, 6.07) is 10.5. The van der Waals surface area contributed by atoms with Crippen LogP contribution in [0.15, 0.2) is 34.7 Å². The molecule has 2 fully saturated rings. The Morgan fingerprint density at radius 3 is 2.75 bits per heavy atom. The molecule has 0 bridgehead atoms. The van der Waals surface area contributed by atoms with Gasteiger partial charge in [-0.3, -0.25) is 5.43 Å². The summed E-state index contributed by atoms with van der Waals surface area (Å²) < 4.78 is 17.5. The number of hydrazine groups is 1. The lowest BCUT2D eigenvalue weighted by molar-refractivity contribution is 0.200. The molecular formula is C22H31N3O3. The van der Waals surface area contributed by atoms with Gasteiger partial charge in [0.05, 0.1) is 19.3 Å². The molecule has 1 aromatic heterocycles. The first-order chi connectivity index (χ1) is 13.7. The molecule has 1 aliphatic heterocycles. The molecule has 1 aromatic carbocycles. The van der Waals surface area contributed by atoms with Gasteiger partial charge in [0.15, 0.2) is 11.5 Å². The maximum atomic E-state index is 6.21. The van der Waals surface area contributed by atoms with E-state index >= 15 is 0 Å². The molecule has 0 spiro atoms. The first kappa shape index (κ1) is 19.3. The molecule has 2 aliphatic rings. The summed E-state index contributed by atoms with van der Waals surface area (Å²) in [5.74, 6) is 4.04. The maximum absolute atomic E-state index is 6.21. The molecular weight excluding hydrogens is 354 g/mol. The third-order valence-electron chi connectivity index (χ3n) is 5.72. The van der Waals surface area contributed by atoms with Gasteiger partial charge in [-0.25, -0.2) is 5.43 Å². The smallest absolute Gasteiger partial charge is 0.161 e. The minimum absolute atomic E-state index is 0.193. The third kappa shape index (κ3) is 4.51. The number of nitrogens with one attached hydrogen (secondary N) is 3. The zero-order valence-electron chi connectivity index (χ0n) is 16.8. The number of ether oxygens (including phenoxy) is 2. The van der Waals surface area contributed by atoms with E-state index in [4.69, 9.17) is 13.9 Å². The number of furan rings is 1. The van der Waals surface area contributed by atoms with Crippen molar-refractivity contribution in [1.29, 1.82) is 0 Å². The molecule has 1 aliphatic carbocycles. The van der Waals surface area contributed by atoms with Crippen molar-refractivity contribution in [2.45, 2.75) is 51.3 Å². The number of rotatable bonds is 8. The lowest BCUT2D eigenvalue weighted by Crippen LogP contribution is -2.28. The summed E-state index contributed by atoms with van der Waals surface area (Å²) in [4.78, 5) is 0. The van der Waals surface area contributed by atoms with Crippen LogP contribution < -0.4 is 25.6 Å². The lowest BCUT2D eigenvalue weighted by atomic mass is 10.00. The SMILES string of the molecule is COc1ccc(CNCC2CNNC2c2ccc(C)o2)cc1OC1CCCC1. The molecule has 0 amide bonds. The summed E-state index contributed by atoms with van der Waals surface area (Å²) in [6.45, 7) is 4.59. The van der Waals surface area contributed by atoms with Gasteiger partial charge in [0.2, 0.25) is 0 Å². The zero-order valence-corrected chi connectivity index (χ0v) is 16.8. The highest BCUT2D eigenvalue weighted by Crippen LogP contribution is 2.32. The van der Waals surface area contributed by atoms with Crippen LogP contribution in [0, 0.1) is 12.8 Å². The van der Waals surface area contributed by atoms with Crippen LogP contribution in [0.1, 0.15) is 48.8 Å². The Morgan fingerprint density at radius 1 is 1.14 bits per heavy atom. The molecule has 28 heavy (non-hydrogen) atoms. The van der Waals surface area contributed by atoms with Gasteiger partial charge in [-0.15, -0.1) is 0 Å². The summed E-state index contributed by atoms with van der Waals surface area (Å²) >= 11 is 0. The van der Waals surface area contributed by atoms with Crippen LogP contribution in [0.2, 0.25) is 0 Å². The van der Waals surface area contributed by atoms with Crippen LogP contribution in [0.3, 0.4) is 0 Å².